The number of para-hydroxylation sites is 1. The highest BCUT2D eigenvalue weighted by Gasteiger charge is 2.30. The molecule has 1 saturated heterocycles. The zero-order valence-corrected chi connectivity index (χ0v) is 14.8. The van der Waals surface area contributed by atoms with Crippen LogP contribution >= 0.6 is 12.2 Å². The van der Waals surface area contributed by atoms with Crippen molar-refractivity contribution in [3.05, 3.63) is 54.1 Å². The highest BCUT2D eigenvalue weighted by atomic mass is 32.1. The summed E-state index contributed by atoms with van der Waals surface area (Å²) in [5.74, 6) is 1.70. The van der Waals surface area contributed by atoms with Gasteiger partial charge < -0.3 is 19.7 Å². The lowest BCUT2D eigenvalue weighted by Crippen LogP contribution is -2.34. The molecule has 5 heteroatoms. The second-order valence-electron chi connectivity index (χ2n) is 5.76. The maximum atomic E-state index is 5.66. The molecule has 1 unspecified atom stereocenters. The first kappa shape index (κ1) is 16.6. The smallest absolute Gasteiger partial charge is 0.173 e. The summed E-state index contributed by atoms with van der Waals surface area (Å²) in [6, 6.07) is 16.1. The van der Waals surface area contributed by atoms with Gasteiger partial charge in [-0.3, -0.25) is 0 Å². The van der Waals surface area contributed by atoms with Gasteiger partial charge in [0.05, 0.1) is 20.3 Å². The van der Waals surface area contributed by atoms with E-state index in [0.717, 1.165) is 47.2 Å². The van der Waals surface area contributed by atoms with Crippen LogP contribution in [0, 0.1) is 0 Å². The first-order valence-electron chi connectivity index (χ1n) is 8.07. The van der Waals surface area contributed by atoms with Crippen LogP contribution in [0.15, 0.2) is 48.5 Å². The molecule has 0 radical (unpaired) electrons. The predicted molar refractivity (Wildman–Crippen MR) is 101 cm³/mol. The van der Waals surface area contributed by atoms with E-state index in [4.69, 9.17) is 21.7 Å². The number of likely N-dealkylation sites (tertiary alicyclic amines) is 1. The Morgan fingerprint density at radius 3 is 2.62 bits per heavy atom. The van der Waals surface area contributed by atoms with Crippen LogP contribution in [0.2, 0.25) is 0 Å². The van der Waals surface area contributed by atoms with Crippen LogP contribution in [0.3, 0.4) is 0 Å². The fourth-order valence-electron chi connectivity index (χ4n) is 3.15. The summed E-state index contributed by atoms with van der Waals surface area (Å²) < 4.78 is 10.9. The second kappa shape index (κ2) is 7.53. The molecule has 1 atom stereocenters. The number of methoxy groups -OCH3 is 2. The molecule has 1 aliphatic rings. The summed E-state index contributed by atoms with van der Waals surface area (Å²) in [5.41, 5.74) is 2.12. The molecule has 0 spiro atoms. The second-order valence-corrected chi connectivity index (χ2v) is 6.14. The molecule has 1 N–H and O–H groups in total. The van der Waals surface area contributed by atoms with E-state index in [0.29, 0.717) is 0 Å². The summed E-state index contributed by atoms with van der Waals surface area (Å²) in [6.45, 7) is 0.934. The summed E-state index contributed by atoms with van der Waals surface area (Å²) in [4.78, 5) is 2.24. The van der Waals surface area contributed by atoms with Gasteiger partial charge in [-0.25, -0.2) is 0 Å². The van der Waals surface area contributed by atoms with E-state index in [1.54, 1.807) is 14.2 Å². The number of nitrogens with zero attached hydrogens (tertiary/aromatic N) is 1. The largest absolute Gasteiger partial charge is 0.497 e. The van der Waals surface area contributed by atoms with Gasteiger partial charge in [0.15, 0.2) is 5.11 Å². The topological polar surface area (TPSA) is 33.7 Å². The van der Waals surface area contributed by atoms with Crippen molar-refractivity contribution >= 4 is 23.0 Å². The molecular formula is C19H22N2O2S. The zero-order valence-electron chi connectivity index (χ0n) is 14.0. The Labute approximate surface area is 148 Å². The van der Waals surface area contributed by atoms with Crippen LogP contribution in [-0.2, 0) is 0 Å². The van der Waals surface area contributed by atoms with Crippen molar-refractivity contribution in [1.29, 1.82) is 0 Å². The number of rotatable bonds is 4. The highest BCUT2D eigenvalue weighted by Crippen LogP contribution is 2.39. The molecule has 126 valence electrons. The van der Waals surface area contributed by atoms with Gasteiger partial charge >= 0.3 is 0 Å². The van der Waals surface area contributed by atoms with Gasteiger partial charge in [-0.2, -0.15) is 0 Å². The summed E-state index contributed by atoms with van der Waals surface area (Å²) in [5, 5.41) is 4.08. The van der Waals surface area contributed by atoms with E-state index < -0.39 is 0 Å². The number of ether oxygens (including phenoxy) is 2. The number of anilines is 1. The monoisotopic (exact) mass is 342 g/mol. The Balaban J connectivity index is 1.84. The fourth-order valence-corrected chi connectivity index (χ4v) is 3.49. The van der Waals surface area contributed by atoms with E-state index >= 15 is 0 Å². The molecule has 0 amide bonds. The number of thiocarbonyl (C=S) groups is 1. The van der Waals surface area contributed by atoms with E-state index in [1.165, 1.54) is 0 Å². The molecule has 0 aliphatic carbocycles. The quantitative estimate of drug-likeness (QED) is 0.841. The molecule has 1 fully saturated rings. The lowest BCUT2D eigenvalue weighted by molar-refractivity contribution is 0.362. The first-order chi connectivity index (χ1) is 11.7. The molecule has 0 saturated carbocycles. The van der Waals surface area contributed by atoms with Crippen LogP contribution in [-0.4, -0.2) is 30.8 Å². The van der Waals surface area contributed by atoms with Gasteiger partial charge in [-0.05, 0) is 55.4 Å². The third-order valence-electron chi connectivity index (χ3n) is 4.33. The van der Waals surface area contributed by atoms with Crippen LogP contribution < -0.4 is 14.8 Å². The Morgan fingerprint density at radius 2 is 1.92 bits per heavy atom. The predicted octanol–water partition coefficient (Wildman–Crippen LogP) is 4.24. The Bertz CT molecular complexity index is 706. The Hall–Kier alpha value is -2.27. The average molecular weight is 342 g/mol. The molecule has 24 heavy (non-hydrogen) atoms. The summed E-state index contributed by atoms with van der Waals surface area (Å²) >= 11 is 5.66. The van der Waals surface area contributed by atoms with Crippen molar-refractivity contribution in [2.75, 3.05) is 26.1 Å². The summed E-state index contributed by atoms with van der Waals surface area (Å²) in [7, 11) is 3.38. The Morgan fingerprint density at radius 1 is 1.12 bits per heavy atom. The van der Waals surface area contributed by atoms with Crippen LogP contribution in [0.1, 0.15) is 24.4 Å². The van der Waals surface area contributed by atoms with E-state index in [1.807, 2.05) is 48.5 Å². The number of benzene rings is 2. The third kappa shape index (κ3) is 3.46. The molecule has 2 aromatic rings. The fraction of sp³-hybridized carbons (Fsp3) is 0.316. The van der Waals surface area contributed by atoms with E-state index in [-0.39, 0.29) is 6.04 Å². The minimum absolute atomic E-state index is 0.193. The van der Waals surface area contributed by atoms with Crippen molar-refractivity contribution in [2.24, 2.45) is 0 Å². The molecule has 0 aromatic heterocycles. The lowest BCUT2D eigenvalue weighted by atomic mass is 10.0. The number of nitrogens with one attached hydrogen (secondary N) is 1. The maximum Gasteiger partial charge on any atom is 0.173 e. The van der Waals surface area contributed by atoms with Crippen molar-refractivity contribution in [2.45, 2.75) is 18.9 Å². The van der Waals surface area contributed by atoms with E-state index in [2.05, 4.69) is 10.2 Å². The zero-order chi connectivity index (χ0) is 16.9. The number of hydrogen-bond donors (Lipinski definition) is 1. The minimum Gasteiger partial charge on any atom is -0.497 e. The molecule has 0 bridgehead atoms. The van der Waals surface area contributed by atoms with Gasteiger partial charge in [0.25, 0.3) is 0 Å². The lowest BCUT2D eigenvalue weighted by Gasteiger charge is -2.29. The highest BCUT2D eigenvalue weighted by molar-refractivity contribution is 7.80. The molecule has 4 nitrogen and oxygen atoms in total. The van der Waals surface area contributed by atoms with Crippen LogP contribution in [0.5, 0.6) is 11.5 Å². The minimum atomic E-state index is 0.193. The van der Waals surface area contributed by atoms with Gasteiger partial charge in [-0.15, -0.1) is 0 Å². The normalized spacial score (nSPS) is 16.8. The standard InChI is InChI=1S/C19H22N2O2S/c1-22-15-10-11-18(23-2)16(13-15)17-9-6-12-21(17)19(24)20-14-7-4-3-5-8-14/h3-5,7-8,10-11,13,17H,6,9,12H2,1-2H3,(H,20,24). The van der Waals surface area contributed by atoms with Crippen molar-refractivity contribution in [3.8, 4) is 11.5 Å². The van der Waals surface area contributed by atoms with Crippen molar-refractivity contribution in [1.82, 2.24) is 4.90 Å². The summed E-state index contributed by atoms with van der Waals surface area (Å²) in [6.07, 6.45) is 2.14. The van der Waals surface area contributed by atoms with Gasteiger partial charge in [-0.1, -0.05) is 18.2 Å². The van der Waals surface area contributed by atoms with Crippen LogP contribution in [0.4, 0.5) is 5.69 Å². The van der Waals surface area contributed by atoms with Crippen molar-refractivity contribution < 1.29 is 9.47 Å². The molecular weight excluding hydrogens is 320 g/mol. The van der Waals surface area contributed by atoms with Gasteiger partial charge in [0.2, 0.25) is 0 Å². The average Bonchev–Trinajstić information content (AvgIpc) is 3.11. The van der Waals surface area contributed by atoms with E-state index in [9.17, 15) is 0 Å². The van der Waals surface area contributed by atoms with Gasteiger partial charge in [0, 0.05) is 17.8 Å². The first-order valence-corrected chi connectivity index (χ1v) is 8.48. The SMILES string of the molecule is COc1ccc(OC)c(C2CCCN2C(=S)Nc2ccccc2)c1. The molecule has 1 aliphatic heterocycles. The third-order valence-corrected chi connectivity index (χ3v) is 4.67. The number of hydrogen-bond acceptors (Lipinski definition) is 3. The molecule has 2 aromatic carbocycles. The van der Waals surface area contributed by atoms with Gasteiger partial charge in [0.1, 0.15) is 11.5 Å². The van der Waals surface area contributed by atoms with Crippen LogP contribution in [0.25, 0.3) is 0 Å². The molecule has 3 rings (SSSR count). The Kier molecular flexibility index (Phi) is 5.20. The van der Waals surface area contributed by atoms with Crippen molar-refractivity contribution in [3.63, 3.8) is 0 Å². The maximum absolute atomic E-state index is 5.66. The molecule has 1 heterocycles.